The Bertz CT molecular complexity index is 875. The third kappa shape index (κ3) is 2.63. The van der Waals surface area contributed by atoms with E-state index in [2.05, 4.69) is 14.9 Å². The standard InChI is InChI=1S/C16H14N4O2S/c21-20(22)14-4-2-1-3-11(14)9-19(12-5-6-12)15-13-7-8-23-16(13)18-10-17-15/h1-4,7-8,10,12H,5-6,9H2. The van der Waals surface area contributed by atoms with Crippen molar-refractivity contribution in [2.45, 2.75) is 25.4 Å². The number of aromatic nitrogens is 2. The van der Waals surface area contributed by atoms with E-state index >= 15 is 0 Å². The summed E-state index contributed by atoms with van der Waals surface area (Å²) in [6.45, 7) is 0.490. The average Bonchev–Trinajstić information content (AvgIpc) is 3.28. The maximum Gasteiger partial charge on any atom is 0.274 e. The van der Waals surface area contributed by atoms with E-state index in [1.807, 2.05) is 23.6 Å². The van der Waals surface area contributed by atoms with Crippen LogP contribution in [0, 0.1) is 10.1 Å². The molecule has 0 N–H and O–H groups in total. The Morgan fingerprint density at radius 2 is 2.09 bits per heavy atom. The highest BCUT2D eigenvalue weighted by Gasteiger charge is 2.32. The number of nitro groups is 1. The molecule has 6 nitrogen and oxygen atoms in total. The van der Waals surface area contributed by atoms with Gasteiger partial charge < -0.3 is 4.90 Å². The molecule has 116 valence electrons. The van der Waals surface area contributed by atoms with E-state index in [1.54, 1.807) is 29.8 Å². The summed E-state index contributed by atoms with van der Waals surface area (Å²) >= 11 is 1.58. The molecule has 1 aliphatic carbocycles. The van der Waals surface area contributed by atoms with Crippen LogP contribution in [0.1, 0.15) is 18.4 Å². The quantitative estimate of drug-likeness (QED) is 0.527. The van der Waals surface area contributed by atoms with E-state index in [4.69, 9.17) is 0 Å². The summed E-state index contributed by atoms with van der Waals surface area (Å²) in [5, 5.41) is 14.3. The number of fused-ring (bicyclic) bond motifs is 1. The molecule has 1 aliphatic rings. The number of nitro benzene ring substituents is 1. The summed E-state index contributed by atoms with van der Waals surface area (Å²) in [5.74, 6) is 0.872. The average molecular weight is 326 g/mol. The van der Waals surface area contributed by atoms with Gasteiger partial charge in [0.1, 0.15) is 17.0 Å². The lowest BCUT2D eigenvalue weighted by atomic mass is 10.1. The van der Waals surface area contributed by atoms with E-state index in [-0.39, 0.29) is 10.6 Å². The van der Waals surface area contributed by atoms with Crippen molar-refractivity contribution in [1.29, 1.82) is 0 Å². The SMILES string of the molecule is O=[N+]([O-])c1ccccc1CN(c1ncnc2sccc12)C1CC1. The van der Waals surface area contributed by atoms with Crippen molar-refractivity contribution in [3.8, 4) is 0 Å². The maximum atomic E-state index is 11.3. The van der Waals surface area contributed by atoms with E-state index in [0.717, 1.165) is 28.9 Å². The van der Waals surface area contributed by atoms with Crippen LogP contribution in [0.5, 0.6) is 0 Å². The molecule has 2 heterocycles. The molecule has 2 aromatic heterocycles. The van der Waals surface area contributed by atoms with Crippen molar-refractivity contribution in [3.05, 3.63) is 57.7 Å². The van der Waals surface area contributed by atoms with Gasteiger partial charge in [0.15, 0.2) is 0 Å². The molecule has 0 radical (unpaired) electrons. The molecule has 0 bridgehead atoms. The Kier molecular flexibility index (Phi) is 3.42. The van der Waals surface area contributed by atoms with Crippen molar-refractivity contribution < 1.29 is 4.92 Å². The van der Waals surface area contributed by atoms with Gasteiger partial charge in [0.05, 0.1) is 16.9 Å². The summed E-state index contributed by atoms with van der Waals surface area (Å²) in [4.78, 5) is 22.8. The molecular weight excluding hydrogens is 312 g/mol. The highest BCUT2D eigenvalue weighted by molar-refractivity contribution is 7.16. The minimum Gasteiger partial charge on any atom is -0.348 e. The molecule has 23 heavy (non-hydrogen) atoms. The van der Waals surface area contributed by atoms with Gasteiger partial charge in [0, 0.05) is 17.7 Å². The van der Waals surface area contributed by atoms with Crippen LogP contribution in [0.15, 0.2) is 42.0 Å². The van der Waals surface area contributed by atoms with E-state index < -0.39 is 0 Å². The van der Waals surface area contributed by atoms with Crippen LogP contribution in [0.4, 0.5) is 11.5 Å². The molecule has 1 saturated carbocycles. The van der Waals surface area contributed by atoms with Gasteiger partial charge in [0.2, 0.25) is 0 Å². The second-order valence-corrected chi connectivity index (χ2v) is 6.48. The Balaban J connectivity index is 1.75. The molecule has 3 aromatic rings. The van der Waals surface area contributed by atoms with Crippen LogP contribution in [0.2, 0.25) is 0 Å². The second kappa shape index (κ2) is 5.58. The lowest BCUT2D eigenvalue weighted by Crippen LogP contribution is -2.26. The fourth-order valence-corrected chi connectivity index (χ4v) is 3.50. The summed E-state index contributed by atoms with van der Waals surface area (Å²) in [7, 11) is 0. The monoisotopic (exact) mass is 326 g/mol. The maximum absolute atomic E-state index is 11.3. The number of thiophene rings is 1. The normalized spacial score (nSPS) is 14.1. The Morgan fingerprint density at radius 3 is 2.87 bits per heavy atom. The molecule has 1 aromatic carbocycles. The van der Waals surface area contributed by atoms with Crippen LogP contribution < -0.4 is 4.90 Å². The first-order chi connectivity index (χ1) is 11.2. The summed E-state index contributed by atoms with van der Waals surface area (Å²) < 4.78 is 0. The number of benzene rings is 1. The van der Waals surface area contributed by atoms with Gasteiger partial charge in [-0.1, -0.05) is 18.2 Å². The first kappa shape index (κ1) is 14.1. The minimum absolute atomic E-state index is 0.161. The Morgan fingerprint density at radius 1 is 1.26 bits per heavy atom. The van der Waals surface area contributed by atoms with Gasteiger partial charge >= 0.3 is 0 Å². The predicted molar refractivity (Wildman–Crippen MR) is 89.7 cm³/mol. The van der Waals surface area contributed by atoms with Gasteiger partial charge in [-0.25, -0.2) is 9.97 Å². The van der Waals surface area contributed by atoms with Crippen LogP contribution in [-0.4, -0.2) is 20.9 Å². The number of rotatable bonds is 5. The van der Waals surface area contributed by atoms with Crippen molar-refractivity contribution in [3.63, 3.8) is 0 Å². The zero-order valence-corrected chi connectivity index (χ0v) is 13.1. The van der Waals surface area contributed by atoms with Crippen LogP contribution in [0.25, 0.3) is 10.2 Å². The van der Waals surface area contributed by atoms with Crippen LogP contribution in [-0.2, 0) is 6.54 Å². The molecule has 1 fully saturated rings. The molecule has 0 unspecified atom stereocenters. The van der Waals surface area contributed by atoms with Crippen LogP contribution in [0.3, 0.4) is 0 Å². The molecule has 0 amide bonds. The fourth-order valence-electron chi connectivity index (χ4n) is 2.78. The van der Waals surface area contributed by atoms with E-state index in [0.29, 0.717) is 18.2 Å². The van der Waals surface area contributed by atoms with Gasteiger partial charge in [-0.3, -0.25) is 10.1 Å². The molecule has 0 aliphatic heterocycles. The third-order valence-electron chi connectivity index (χ3n) is 4.03. The summed E-state index contributed by atoms with van der Waals surface area (Å²) in [6.07, 6.45) is 3.76. The Labute approximate surface area is 136 Å². The van der Waals surface area contributed by atoms with Gasteiger partial charge in [0.25, 0.3) is 5.69 Å². The van der Waals surface area contributed by atoms with E-state index in [9.17, 15) is 10.1 Å². The topological polar surface area (TPSA) is 72.2 Å². The Hall–Kier alpha value is -2.54. The lowest BCUT2D eigenvalue weighted by Gasteiger charge is -2.24. The number of anilines is 1. The minimum atomic E-state index is -0.319. The first-order valence-corrected chi connectivity index (χ1v) is 8.29. The summed E-state index contributed by atoms with van der Waals surface area (Å²) in [6, 6.07) is 9.33. The molecule has 0 atom stereocenters. The summed E-state index contributed by atoms with van der Waals surface area (Å²) in [5.41, 5.74) is 0.875. The highest BCUT2D eigenvalue weighted by atomic mass is 32.1. The predicted octanol–water partition coefficient (Wildman–Crippen LogP) is 3.77. The smallest absolute Gasteiger partial charge is 0.274 e. The fraction of sp³-hybridized carbons (Fsp3) is 0.250. The second-order valence-electron chi connectivity index (χ2n) is 5.58. The van der Waals surface area contributed by atoms with Gasteiger partial charge in [-0.15, -0.1) is 11.3 Å². The molecule has 0 saturated heterocycles. The number of hydrogen-bond acceptors (Lipinski definition) is 6. The number of hydrogen-bond donors (Lipinski definition) is 0. The largest absolute Gasteiger partial charge is 0.348 e. The molecule has 7 heteroatoms. The van der Waals surface area contributed by atoms with Crippen molar-refractivity contribution >= 4 is 33.1 Å². The molecule has 0 spiro atoms. The zero-order chi connectivity index (χ0) is 15.8. The zero-order valence-electron chi connectivity index (χ0n) is 12.3. The van der Waals surface area contributed by atoms with Crippen molar-refractivity contribution in [1.82, 2.24) is 9.97 Å². The highest BCUT2D eigenvalue weighted by Crippen LogP contribution is 2.37. The van der Waals surface area contributed by atoms with Crippen molar-refractivity contribution in [2.75, 3.05) is 4.90 Å². The lowest BCUT2D eigenvalue weighted by molar-refractivity contribution is -0.385. The van der Waals surface area contributed by atoms with Crippen molar-refractivity contribution in [2.24, 2.45) is 0 Å². The van der Waals surface area contributed by atoms with Crippen LogP contribution >= 0.6 is 11.3 Å². The molecule has 4 rings (SSSR count). The molecular formula is C16H14N4O2S. The number of nitrogens with zero attached hydrogens (tertiary/aromatic N) is 4. The van der Waals surface area contributed by atoms with E-state index in [1.165, 1.54) is 0 Å². The third-order valence-corrected chi connectivity index (χ3v) is 4.85. The first-order valence-electron chi connectivity index (χ1n) is 7.41. The number of para-hydroxylation sites is 1. The van der Waals surface area contributed by atoms with Gasteiger partial charge in [-0.2, -0.15) is 0 Å². The van der Waals surface area contributed by atoms with Gasteiger partial charge in [-0.05, 0) is 24.3 Å².